The summed E-state index contributed by atoms with van der Waals surface area (Å²) in [7, 11) is -8.04. The highest BCUT2D eigenvalue weighted by atomic mass is 31.2. The maximum Gasteiger partial charge on any atom is 0.357 e. The van der Waals surface area contributed by atoms with Crippen LogP contribution in [-0.4, -0.2) is 31.3 Å². The fraction of sp³-hybridized carbons (Fsp3) is 0.391. The summed E-state index contributed by atoms with van der Waals surface area (Å²) in [5.74, 6) is 0. The Hall–Kier alpha value is -1.52. The molecule has 0 aliphatic heterocycles. The molecule has 0 saturated heterocycles. The Labute approximate surface area is 184 Å². The van der Waals surface area contributed by atoms with Gasteiger partial charge in [-0.2, -0.15) is 0 Å². The second-order valence-corrected chi connectivity index (χ2v) is 11.5. The van der Waals surface area contributed by atoms with Gasteiger partial charge in [0.05, 0.1) is 26.4 Å². The van der Waals surface area contributed by atoms with Crippen molar-refractivity contribution < 1.29 is 27.2 Å². The van der Waals surface area contributed by atoms with Crippen LogP contribution in [0.1, 0.15) is 38.8 Å². The maximum absolute atomic E-state index is 14.4. The van der Waals surface area contributed by atoms with Gasteiger partial charge in [0, 0.05) is 11.1 Å². The second kappa shape index (κ2) is 9.95. The lowest BCUT2D eigenvalue weighted by molar-refractivity contribution is 0.196. The molecule has 0 heterocycles. The molecular weight excluding hydrogens is 434 g/mol. The summed E-state index contributed by atoms with van der Waals surface area (Å²) in [5, 5.41) is 0. The first-order valence-corrected chi connectivity index (χ1v) is 13.7. The molecule has 8 heteroatoms. The van der Waals surface area contributed by atoms with Gasteiger partial charge in [-0.3, -0.25) is 9.13 Å². The minimum atomic E-state index is -4.02. The van der Waals surface area contributed by atoms with E-state index in [-0.39, 0.29) is 26.4 Å². The number of benzene rings is 2. The largest absolute Gasteiger partial charge is 0.357 e. The van der Waals surface area contributed by atoms with Crippen molar-refractivity contribution >= 4 is 26.3 Å². The van der Waals surface area contributed by atoms with Crippen LogP contribution in [0.25, 0.3) is 11.1 Å². The van der Waals surface area contributed by atoms with Gasteiger partial charge in [-0.25, -0.2) is 0 Å². The molecule has 0 spiro atoms. The molecular formula is C23H30O6P2. The van der Waals surface area contributed by atoms with E-state index in [0.717, 1.165) is 11.1 Å². The summed E-state index contributed by atoms with van der Waals surface area (Å²) in [4.78, 5) is -1.64. The lowest BCUT2D eigenvalue weighted by atomic mass is 10.1. The predicted octanol–water partition coefficient (Wildman–Crippen LogP) is 6.84. The van der Waals surface area contributed by atoms with E-state index < -0.39 is 20.1 Å². The Balaban J connectivity index is 2.37. The quantitative estimate of drug-likeness (QED) is 0.320. The van der Waals surface area contributed by atoms with Gasteiger partial charge < -0.3 is 18.1 Å². The molecule has 0 N–H and O–H groups in total. The van der Waals surface area contributed by atoms with Crippen LogP contribution in [0.4, 0.5) is 0 Å². The van der Waals surface area contributed by atoms with Crippen molar-refractivity contribution in [2.24, 2.45) is 0 Å². The average Bonchev–Trinajstić information content (AvgIpc) is 3.49. The normalized spacial score (nSPS) is 15.9. The van der Waals surface area contributed by atoms with E-state index in [9.17, 15) is 9.13 Å². The molecule has 0 fully saturated rings. The molecule has 168 valence electrons. The third-order valence-electron chi connectivity index (χ3n) is 5.00. The SMILES string of the molecule is CCOP(=O)(OCC)C1(P(=O)(OCC)OCC)C(c2ccccc2)=C1c1ccccc1. The number of rotatable bonds is 12. The first kappa shape index (κ1) is 24.1. The van der Waals surface area contributed by atoms with Crippen LogP contribution in [0.3, 0.4) is 0 Å². The molecule has 1 aliphatic carbocycles. The lowest BCUT2D eigenvalue weighted by Crippen LogP contribution is -2.24. The van der Waals surface area contributed by atoms with E-state index in [4.69, 9.17) is 18.1 Å². The molecule has 0 unspecified atom stereocenters. The van der Waals surface area contributed by atoms with Crippen molar-refractivity contribution in [3.63, 3.8) is 0 Å². The zero-order valence-electron chi connectivity index (χ0n) is 18.4. The van der Waals surface area contributed by atoms with E-state index in [1.165, 1.54) is 0 Å². The smallest absolute Gasteiger partial charge is 0.308 e. The van der Waals surface area contributed by atoms with Crippen LogP contribution in [0, 0.1) is 0 Å². The standard InChI is InChI=1S/C23H30O6P2/c1-5-26-30(24,27-6-2)23(31(25,28-7-3)29-8-4)21(19-15-11-9-12-16-19)22(23)20-17-13-10-14-18-20/h9-18H,5-8H2,1-4H3. The molecule has 0 radical (unpaired) electrons. The third-order valence-corrected chi connectivity index (χ3v) is 11.3. The van der Waals surface area contributed by atoms with E-state index in [0.29, 0.717) is 11.1 Å². The highest BCUT2D eigenvalue weighted by molar-refractivity contribution is 7.77. The van der Waals surface area contributed by atoms with Crippen molar-refractivity contribution in [1.29, 1.82) is 0 Å². The summed E-state index contributed by atoms with van der Waals surface area (Å²) < 4.78 is 52.1. The molecule has 31 heavy (non-hydrogen) atoms. The van der Waals surface area contributed by atoms with Gasteiger partial charge in [-0.15, -0.1) is 0 Å². The summed E-state index contributed by atoms with van der Waals surface area (Å²) in [6, 6.07) is 18.9. The molecule has 0 bridgehead atoms. The van der Waals surface area contributed by atoms with Gasteiger partial charge in [0.2, 0.25) is 4.90 Å². The van der Waals surface area contributed by atoms with Gasteiger partial charge in [0.15, 0.2) is 0 Å². The highest BCUT2D eigenvalue weighted by Crippen LogP contribution is 2.92. The first-order valence-electron chi connectivity index (χ1n) is 10.6. The zero-order chi connectivity index (χ0) is 22.5. The second-order valence-electron chi connectivity index (χ2n) is 6.82. The Morgan fingerprint density at radius 1 is 0.581 bits per heavy atom. The average molecular weight is 464 g/mol. The van der Waals surface area contributed by atoms with E-state index in [1.54, 1.807) is 27.7 Å². The van der Waals surface area contributed by atoms with E-state index >= 15 is 0 Å². The fourth-order valence-electron chi connectivity index (χ4n) is 3.99. The molecule has 1 aliphatic rings. The fourth-order valence-corrected chi connectivity index (χ4v) is 10.1. The molecule has 0 amide bonds. The Morgan fingerprint density at radius 3 is 1.13 bits per heavy atom. The van der Waals surface area contributed by atoms with Crippen LogP contribution >= 0.6 is 15.2 Å². The van der Waals surface area contributed by atoms with E-state index in [1.807, 2.05) is 60.7 Å². The Morgan fingerprint density at radius 2 is 0.871 bits per heavy atom. The molecule has 2 aromatic carbocycles. The molecule has 0 aromatic heterocycles. The molecule has 2 aromatic rings. The number of hydrogen-bond donors (Lipinski definition) is 0. The van der Waals surface area contributed by atoms with Crippen LogP contribution in [0.5, 0.6) is 0 Å². The molecule has 0 saturated carbocycles. The van der Waals surface area contributed by atoms with E-state index in [2.05, 4.69) is 0 Å². The maximum atomic E-state index is 14.4. The minimum Gasteiger partial charge on any atom is -0.308 e. The van der Waals surface area contributed by atoms with Crippen molar-refractivity contribution in [1.82, 2.24) is 0 Å². The van der Waals surface area contributed by atoms with Crippen molar-refractivity contribution in [2.75, 3.05) is 26.4 Å². The minimum absolute atomic E-state index is 0.126. The number of hydrogen-bond acceptors (Lipinski definition) is 6. The lowest BCUT2D eigenvalue weighted by Gasteiger charge is -2.34. The van der Waals surface area contributed by atoms with Gasteiger partial charge in [0.25, 0.3) is 0 Å². The monoisotopic (exact) mass is 464 g/mol. The highest BCUT2D eigenvalue weighted by Gasteiger charge is 2.79. The summed E-state index contributed by atoms with van der Waals surface area (Å²) in [6.07, 6.45) is 0. The van der Waals surface area contributed by atoms with Crippen molar-refractivity contribution in [2.45, 2.75) is 32.6 Å². The summed E-state index contributed by atoms with van der Waals surface area (Å²) >= 11 is 0. The molecule has 0 atom stereocenters. The van der Waals surface area contributed by atoms with Crippen LogP contribution in [0.2, 0.25) is 0 Å². The third kappa shape index (κ3) is 4.02. The number of allylic oxidation sites excluding steroid dienone is 2. The van der Waals surface area contributed by atoms with Gasteiger partial charge in [-0.05, 0) is 38.8 Å². The summed E-state index contributed by atoms with van der Waals surface area (Å²) in [5.41, 5.74) is 2.80. The van der Waals surface area contributed by atoms with Crippen LogP contribution < -0.4 is 0 Å². The van der Waals surface area contributed by atoms with Crippen molar-refractivity contribution in [3.8, 4) is 0 Å². The van der Waals surface area contributed by atoms with Crippen LogP contribution in [-0.2, 0) is 27.2 Å². The topological polar surface area (TPSA) is 71.1 Å². The zero-order valence-corrected chi connectivity index (χ0v) is 20.2. The Bertz CT molecular complexity index is 902. The van der Waals surface area contributed by atoms with Gasteiger partial charge >= 0.3 is 15.2 Å². The molecule has 3 rings (SSSR count). The van der Waals surface area contributed by atoms with Gasteiger partial charge in [-0.1, -0.05) is 60.7 Å². The summed E-state index contributed by atoms with van der Waals surface area (Å²) in [6.45, 7) is 7.44. The first-order chi connectivity index (χ1) is 15.0. The Kier molecular flexibility index (Phi) is 7.75. The molecule has 6 nitrogen and oxygen atoms in total. The van der Waals surface area contributed by atoms with Crippen LogP contribution in [0.15, 0.2) is 60.7 Å². The predicted molar refractivity (Wildman–Crippen MR) is 124 cm³/mol. The van der Waals surface area contributed by atoms with Crippen molar-refractivity contribution in [3.05, 3.63) is 71.8 Å². The van der Waals surface area contributed by atoms with Gasteiger partial charge in [0.1, 0.15) is 0 Å².